The molecule has 1 aromatic heterocycles. The second kappa shape index (κ2) is 8.31. The maximum atomic E-state index is 12.4. The maximum Gasteiger partial charge on any atom is 0.325 e. The molecule has 112 valence electrons. The zero-order chi connectivity index (χ0) is 15.0. The highest BCUT2D eigenvalue weighted by Crippen LogP contribution is 2.08. The molecule has 20 heavy (non-hydrogen) atoms. The molecule has 0 radical (unpaired) electrons. The van der Waals surface area contributed by atoms with Gasteiger partial charge in [0, 0.05) is 26.0 Å². The smallest absolute Gasteiger partial charge is 0.325 e. The van der Waals surface area contributed by atoms with Crippen molar-refractivity contribution in [2.45, 2.75) is 19.9 Å². The second-order valence-electron chi connectivity index (χ2n) is 4.22. The van der Waals surface area contributed by atoms with E-state index in [0.29, 0.717) is 19.8 Å². The van der Waals surface area contributed by atoms with Gasteiger partial charge in [-0.05, 0) is 19.9 Å². The van der Waals surface area contributed by atoms with Crippen LogP contribution in [0.4, 0.5) is 0 Å². The van der Waals surface area contributed by atoms with Crippen LogP contribution >= 0.6 is 0 Å². The van der Waals surface area contributed by atoms with Crippen molar-refractivity contribution in [2.75, 3.05) is 33.4 Å². The van der Waals surface area contributed by atoms with Gasteiger partial charge in [-0.2, -0.15) is 5.10 Å². The fourth-order valence-corrected chi connectivity index (χ4v) is 1.72. The SMILES string of the molecule is CCOC(=O)CN(CCOC)C(=O)C(C)n1cccn1. The van der Waals surface area contributed by atoms with Crippen molar-refractivity contribution in [3.63, 3.8) is 0 Å². The number of esters is 1. The van der Waals surface area contributed by atoms with Crippen LogP contribution < -0.4 is 0 Å². The second-order valence-corrected chi connectivity index (χ2v) is 4.22. The number of rotatable bonds is 8. The molecule has 0 saturated heterocycles. The number of hydrogen-bond donors (Lipinski definition) is 0. The molecule has 0 spiro atoms. The van der Waals surface area contributed by atoms with E-state index in [2.05, 4.69) is 5.10 Å². The molecule has 0 fully saturated rings. The lowest BCUT2D eigenvalue weighted by Gasteiger charge is -2.24. The van der Waals surface area contributed by atoms with Gasteiger partial charge < -0.3 is 14.4 Å². The minimum Gasteiger partial charge on any atom is -0.465 e. The van der Waals surface area contributed by atoms with Gasteiger partial charge in [-0.1, -0.05) is 0 Å². The van der Waals surface area contributed by atoms with E-state index in [-0.39, 0.29) is 12.5 Å². The summed E-state index contributed by atoms with van der Waals surface area (Å²) in [6.07, 6.45) is 3.32. The topological polar surface area (TPSA) is 73.7 Å². The molecule has 0 aliphatic heterocycles. The molecule has 1 unspecified atom stereocenters. The Morgan fingerprint density at radius 2 is 2.20 bits per heavy atom. The molecule has 1 atom stereocenters. The normalized spacial score (nSPS) is 11.9. The van der Waals surface area contributed by atoms with Crippen molar-refractivity contribution in [1.82, 2.24) is 14.7 Å². The minimum atomic E-state index is -0.476. The Hall–Kier alpha value is -1.89. The van der Waals surface area contributed by atoms with Crippen LogP contribution in [0.5, 0.6) is 0 Å². The zero-order valence-electron chi connectivity index (χ0n) is 12.1. The molecule has 0 saturated carbocycles. The van der Waals surface area contributed by atoms with E-state index in [1.54, 1.807) is 44.1 Å². The quantitative estimate of drug-likeness (QED) is 0.649. The van der Waals surface area contributed by atoms with Crippen LogP contribution in [-0.2, 0) is 19.1 Å². The summed E-state index contributed by atoms with van der Waals surface area (Å²) >= 11 is 0. The fourth-order valence-electron chi connectivity index (χ4n) is 1.72. The van der Waals surface area contributed by atoms with Gasteiger partial charge in [-0.15, -0.1) is 0 Å². The van der Waals surface area contributed by atoms with Crippen LogP contribution in [0.1, 0.15) is 19.9 Å². The number of carbonyl (C=O) groups is 2. The minimum absolute atomic E-state index is 0.0817. The number of hydrogen-bond acceptors (Lipinski definition) is 5. The monoisotopic (exact) mass is 283 g/mol. The molecule has 1 heterocycles. The van der Waals surface area contributed by atoms with Gasteiger partial charge in [-0.25, -0.2) is 0 Å². The average molecular weight is 283 g/mol. The first kappa shape index (κ1) is 16.2. The van der Waals surface area contributed by atoms with E-state index in [0.717, 1.165) is 0 Å². The third-order valence-corrected chi connectivity index (χ3v) is 2.78. The fraction of sp³-hybridized carbons (Fsp3) is 0.615. The average Bonchev–Trinajstić information content (AvgIpc) is 2.96. The lowest BCUT2D eigenvalue weighted by molar-refractivity contribution is -0.150. The van der Waals surface area contributed by atoms with Gasteiger partial charge in [0.15, 0.2) is 0 Å². The van der Waals surface area contributed by atoms with Crippen LogP contribution in [0, 0.1) is 0 Å². The van der Waals surface area contributed by atoms with Crippen molar-refractivity contribution >= 4 is 11.9 Å². The summed E-state index contributed by atoms with van der Waals surface area (Å²) in [5.41, 5.74) is 0. The summed E-state index contributed by atoms with van der Waals surface area (Å²) in [5.74, 6) is -0.622. The van der Waals surface area contributed by atoms with E-state index in [9.17, 15) is 9.59 Å². The maximum absolute atomic E-state index is 12.4. The van der Waals surface area contributed by atoms with E-state index in [4.69, 9.17) is 9.47 Å². The number of nitrogens with zero attached hydrogens (tertiary/aromatic N) is 3. The Balaban J connectivity index is 2.70. The lowest BCUT2D eigenvalue weighted by atomic mass is 10.3. The molecular formula is C13H21N3O4. The number of carbonyl (C=O) groups excluding carboxylic acids is 2. The molecule has 0 aliphatic carbocycles. The molecular weight excluding hydrogens is 262 g/mol. The van der Waals surface area contributed by atoms with Crippen molar-refractivity contribution in [1.29, 1.82) is 0 Å². The number of ether oxygens (including phenoxy) is 2. The van der Waals surface area contributed by atoms with Gasteiger partial charge in [0.05, 0.1) is 13.2 Å². The van der Waals surface area contributed by atoms with Crippen molar-refractivity contribution in [3.8, 4) is 0 Å². The first-order valence-corrected chi connectivity index (χ1v) is 6.52. The standard InChI is InChI=1S/C13H21N3O4/c1-4-20-12(17)10-15(8-9-19-3)13(18)11(2)16-7-5-6-14-16/h5-7,11H,4,8-10H2,1-3H3. The predicted molar refractivity (Wildman–Crippen MR) is 72.0 cm³/mol. The highest BCUT2D eigenvalue weighted by atomic mass is 16.5. The van der Waals surface area contributed by atoms with Crippen LogP contribution in [0.2, 0.25) is 0 Å². The van der Waals surface area contributed by atoms with Crippen LogP contribution in [0.15, 0.2) is 18.5 Å². The molecule has 0 N–H and O–H groups in total. The molecule has 0 aliphatic rings. The number of aromatic nitrogens is 2. The molecule has 1 rings (SSSR count). The van der Waals surface area contributed by atoms with Crippen LogP contribution in [-0.4, -0.2) is 60.0 Å². The Bertz CT molecular complexity index is 419. The largest absolute Gasteiger partial charge is 0.465 e. The summed E-state index contributed by atoms with van der Waals surface area (Å²) in [6, 6.07) is 1.27. The van der Waals surface area contributed by atoms with Gasteiger partial charge in [0.25, 0.3) is 0 Å². The zero-order valence-corrected chi connectivity index (χ0v) is 12.1. The van der Waals surface area contributed by atoms with E-state index >= 15 is 0 Å². The first-order valence-electron chi connectivity index (χ1n) is 6.52. The molecule has 7 heteroatoms. The van der Waals surface area contributed by atoms with Gasteiger partial charge >= 0.3 is 5.97 Å². The van der Waals surface area contributed by atoms with Gasteiger partial charge in [0.2, 0.25) is 5.91 Å². The van der Waals surface area contributed by atoms with Crippen molar-refractivity contribution < 1.29 is 19.1 Å². The Kier molecular flexibility index (Phi) is 6.72. The van der Waals surface area contributed by atoms with Gasteiger partial charge in [0.1, 0.15) is 12.6 Å². The highest BCUT2D eigenvalue weighted by Gasteiger charge is 2.24. The number of methoxy groups -OCH3 is 1. The third-order valence-electron chi connectivity index (χ3n) is 2.78. The number of amides is 1. The molecule has 1 aromatic rings. The summed E-state index contributed by atoms with van der Waals surface area (Å²) in [4.78, 5) is 25.4. The van der Waals surface area contributed by atoms with E-state index < -0.39 is 12.0 Å². The van der Waals surface area contributed by atoms with Crippen LogP contribution in [0.25, 0.3) is 0 Å². The Morgan fingerprint density at radius 1 is 1.45 bits per heavy atom. The third kappa shape index (κ3) is 4.65. The van der Waals surface area contributed by atoms with Crippen LogP contribution in [0.3, 0.4) is 0 Å². The van der Waals surface area contributed by atoms with Gasteiger partial charge in [-0.3, -0.25) is 14.3 Å². The molecule has 0 aromatic carbocycles. The van der Waals surface area contributed by atoms with Crippen molar-refractivity contribution in [2.24, 2.45) is 0 Å². The predicted octanol–water partition coefficient (Wildman–Crippen LogP) is 0.482. The van der Waals surface area contributed by atoms with E-state index in [1.165, 1.54) is 4.90 Å². The summed E-state index contributed by atoms with van der Waals surface area (Å²) in [7, 11) is 1.55. The summed E-state index contributed by atoms with van der Waals surface area (Å²) in [6.45, 7) is 4.37. The molecule has 1 amide bonds. The Labute approximate surface area is 118 Å². The Morgan fingerprint density at radius 3 is 2.75 bits per heavy atom. The lowest BCUT2D eigenvalue weighted by Crippen LogP contribution is -2.42. The first-order chi connectivity index (χ1) is 9.60. The summed E-state index contributed by atoms with van der Waals surface area (Å²) in [5, 5.41) is 4.04. The molecule has 0 bridgehead atoms. The summed E-state index contributed by atoms with van der Waals surface area (Å²) < 4.78 is 11.4. The van der Waals surface area contributed by atoms with Crippen molar-refractivity contribution in [3.05, 3.63) is 18.5 Å². The van der Waals surface area contributed by atoms with E-state index in [1.807, 2.05) is 0 Å². The highest BCUT2D eigenvalue weighted by molar-refractivity contribution is 5.84. The molecule has 7 nitrogen and oxygen atoms in total.